The smallest absolute Gasteiger partial charge is 0.182 e. The Labute approximate surface area is 164 Å². The molecule has 4 heterocycles. The molecule has 0 radical (unpaired) electrons. The molecule has 0 bridgehead atoms. The molecule has 0 amide bonds. The van der Waals surface area contributed by atoms with Gasteiger partial charge in [0.25, 0.3) is 0 Å². The third-order valence-corrected chi connectivity index (χ3v) is 4.81. The molecule has 0 aliphatic carbocycles. The van der Waals surface area contributed by atoms with Crippen LogP contribution in [0.5, 0.6) is 0 Å². The maximum Gasteiger partial charge on any atom is 0.182 e. The van der Waals surface area contributed by atoms with Gasteiger partial charge in [-0.25, -0.2) is 24.3 Å². The van der Waals surface area contributed by atoms with Crippen LogP contribution in [-0.4, -0.2) is 34.5 Å². The highest BCUT2D eigenvalue weighted by atomic mass is 19.1. The lowest BCUT2D eigenvalue weighted by molar-refractivity contribution is 0.630. The number of nitrogens with zero attached hydrogens (tertiary/aromatic N) is 6. The number of fused-ring (bicyclic) bond motifs is 2. The molecule has 5 rings (SSSR count). The van der Waals surface area contributed by atoms with E-state index in [-0.39, 0.29) is 5.82 Å². The zero-order chi connectivity index (χ0) is 19.8. The lowest BCUT2D eigenvalue weighted by atomic mass is 10.1. The lowest BCUT2D eigenvalue weighted by Crippen LogP contribution is -2.09. The number of aromatic nitrogens is 7. The fourth-order valence-electron chi connectivity index (χ4n) is 3.54. The third-order valence-electron chi connectivity index (χ3n) is 4.81. The van der Waals surface area contributed by atoms with Crippen LogP contribution >= 0.6 is 0 Å². The average Bonchev–Trinajstić information content (AvgIpc) is 3.37. The molecule has 4 aromatic heterocycles. The van der Waals surface area contributed by atoms with Crippen molar-refractivity contribution in [3.63, 3.8) is 0 Å². The Hall–Kier alpha value is -3.88. The van der Waals surface area contributed by atoms with Gasteiger partial charge in [-0.2, -0.15) is 0 Å². The van der Waals surface area contributed by atoms with Crippen molar-refractivity contribution in [2.24, 2.45) is 0 Å². The van der Waals surface area contributed by atoms with E-state index >= 15 is 0 Å². The highest BCUT2D eigenvalue weighted by Gasteiger charge is 2.19. The number of aromatic amines is 1. The van der Waals surface area contributed by atoms with Crippen LogP contribution in [0.2, 0.25) is 0 Å². The summed E-state index contributed by atoms with van der Waals surface area (Å²) in [7, 11) is 0. The Kier molecular flexibility index (Phi) is 4.12. The third kappa shape index (κ3) is 2.87. The van der Waals surface area contributed by atoms with Gasteiger partial charge in [0.05, 0.1) is 35.2 Å². The van der Waals surface area contributed by atoms with Gasteiger partial charge >= 0.3 is 0 Å². The van der Waals surface area contributed by atoms with Crippen molar-refractivity contribution < 1.29 is 4.39 Å². The van der Waals surface area contributed by atoms with Crippen LogP contribution < -0.4 is 5.32 Å². The zero-order valence-corrected chi connectivity index (χ0v) is 15.6. The van der Waals surface area contributed by atoms with Crippen LogP contribution in [0.1, 0.15) is 12.7 Å². The van der Waals surface area contributed by atoms with Gasteiger partial charge in [-0.05, 0) is 31.2 Å². The van der Waals surface area contributed by atoms with Crippen LogP contribution in [0.4, 0.5) is 10.2 Å². The largest absolute Gasteiger partial charge is 0.361 e. The van der Waals surface area contributed by atoms with Crippen molar-refractivity contribution in [1.29, 1.82) is 0 Å². The van der Waals surface area contributed by atoms with E-state index in [1.165, 1.54) is 12.4 Å². The molecule has 9 heteroatoms. The summed E-state index contributed by atoms with van der Waals surface area (Å²) in [5.74, 6) is 1.09. The number of hydrogen-bond donors (Lipinski definition) is 2. The van der Waals surface area contributed by atoms with Crippen LogP contribution in [0, 0.1) is 5.82 Å². The van der Waals surface area contributed by atoms with Crippen LogP contribution in [0.25, 0.3) is 33.5 Å². The summed E-state index contributed by atoms with van der Waals surface area (Å²) in [5, 5.41) is 3.28. The quantitative estimate of drug-likeness (QED) is 0.478. The molecule has 8 nitrogen and oxygen atoms in total. The molecule has 0 aliphatic heterocycles. The molecule has 144 valence electrons. The maximum absolute atomic E-state index is 14.8. The summed E-state index contributed by atoms with van der Waals surface area (Å²) in [6.07, 6.45) is 4.70. The molecule has 0 spiro atoms. The van der Waals surface area contributed by atoms with E-state index < -0.39 is 0 Å². The maximum atomic E-state index is 14.8. The van der Waals surface area contributed by atoms with Crippen LogP contribution in [-0.2, 0) is 13.1 Å². The second kappa shape index (κ2) is 6.93. The minimum atomic E-state index is -0.319. The standard InChI is InChI=1S/C20H17FN8/c1-2-29-15(9-23-19-17-20(25-10-24-17)27-11-26-19)28-14-7-6-12(21)16(18(14)29)13-5-3-4-8-22-13/h3-8,10-11H,2,9H2,1H3,(H2,23,24,25,26,27). The highest BCUT2D eigenvalue weighted by Crippen LogP contribution is 2.31. The number of nitrogens with one attached hydrogen (secondary N) is 2. The minimum Gasteiger partial charge on any atom is -0.361 e. The molecule has 2 N–H and O–H groups in total. The zero-order valence-electron chi connectivity index (χ0n) is 15.6. The molecule has 5 aromatic rings. The summed E-state index contributed by atoms with van der Waals surface area (Å²) in [6, 6.07) is 8.60. The van der Waals surface area contributed by atoms with E-state index in [2.05, 4.69) is 30.2 Å². The molecule has 1 aromatic carbocycles. The van der Waals surface area contributed by atoms with E-state index in [0.29, 0.717) is 35.8 Å². The van der Waals surface area contributed by atoms with E-state index in [4.69, 9.17) is 4.98 Å². The van der Waals surface area contributed by atoms with Crippen molar-refractivity contribution in [2.45, 2.75) is 20.0 Å². The first-order valence-electron chi connectivity index (χ1n) is 9.23. The molecular weight excluding hydrogens is 371 g/mol. The number of H-pyrrole nitrogens is 1. The Morgan fingerprint density at radius 2 is 2.03 bits per heavy atom. The summed E-state index contributed by atoms with van der Waals surface area (Å²) in [4.78, 5) is 24.6. The van der Waals surface area contributed by atoms with E-state index in [9.17, 15) is 4.39 Å². The Morgan fingerprint density at radius 1 is 1.10 bits per heavy atom. The minimum absolute atomic E-state index is 0.319. The number of imidazole rings is 2. The average molecular weight is 388 g/mol. The Balaban J connectivity index is 1.59. The molecule has 0 atom stereocenters. The second-order valence-electron chi connectivity index (χ2n) is 6.45. The van der Waals surface area contributed by atoms with Gasteiger partial charge in [0.15, 0.2) is 11.5 Å². The van der Waals surface area contributed by atoms with Crippen molar-refractivity contribution in [3.05, 3.63) is 60.8 Å². The predicted molar refractivity (Wildman–Crippen MR) is 108 cm³/mol. The van der Waals surface area contributed by atoms with Crippen molar-refractivity contribution in [2.75, 3.05) is 5.32 Å². The van der Waals surface area contributed by atoms with Crippen LogP contribution in [0.15, 0.2) is 49.2 Å². The number of anilines is 1. The number of rotatable bonds is 5. The molecule has 0 unspecified atom stereocenters. The van der Waals surface area contributed by atoms with E-state index in [1.807, 2.05) is 23.6 Å². The Morgan fingerprint density at radius 3 is 2.86 bits per heavy atom. The van der Waals surface area contributed by atoms with Crippen molar-refractivity contribution in [3.8, 4) is 11.3 Å². The molecular formula is C20H17FN8. The molecule has 0 saturated heterocycles. The SMILES string of the molecule is CCn1c(CNc2ncnc3nc[nH]c23)nc2ccc(F)c(-c3ccccn3)c21. The van der Waals surface area contributed by atoms with Gasteiger partial charge in [-0.15, -0.1) is 0 Å². The number of benzene rings is 1. The molecule has 0 saturated carbocycles. The fraction of sp³-hybridized carbons (Fsp3) is 0.150. The van der Waals surface area contributed by atoms with Gasteiger partial charge in [0.1, 0.15) is 23.5 Å². The van der Waals surface area contributed by atoms with Gasteiger partial charge in [0.2, 0.25) is 0 Å². The second-order valence-corrected chi connectivity index (χ2v) is 6.45. The lowest BCUT2D eigenvalue weighted by Gasteiger charge is -2.11. The summed E-state index contributed by atoms with van der Waals surface area (Å²) < 4.78 is 16.8. The van der Waals surface area contributed by atoms with Crippen molar-refractivity contribution >= 4 is 28.0 Å². The summed E-state index contributed by atoms with van der Waals surface area (Å²) >= 11 is 0. The van der Waals surface area contributed by atoms with E-state index in [0.717, 1.165) is 22.4 Å². The Bertz CT molecular complexity index is 1310. The first-order chi connectivity index (χ1) is 14.3. The predicted octanol–water partition coefficient (Wildman–Crippen LogP) is 3.54. The summed E-state index contributed by atoms with van der Waals surface area (Å²) in [5.41, 5.74) is 3.82. The molecule has 0 aliphatic rings. The molecule has 29 heavy (non-hydrogen) atoms. The monoisotopic (exact) mass is 388 g/mol. The number of aryl methyl sites for hydroxylation is 1. The first kappa shape index (κ1) is 17.2. The number of hydrogen-bond acceptors (Lipinski definition) is 6. The van der Waals surface area contributed by atoms with E-state index in [1.54, 1.807) is 24.7 Å². The molecule has 0 fully saturated rings. The van der Waals surface area contributed by atoms with Crippen molar-refractivity contribution in [1.82, 2.24) is 34.5 Å². The number of halogens is 1. The highest BCUT2D eigenvalue weighted by molar-refractivity contribution is 5.92. The van der Waals surface area contributed by atoms with Gasteiger partial charge in [-0.1, -0.05) is 6.07 Å². The van der Waals surface area contributed by atoms with Gasteiger partial charge in [-0.3, -0.25) is 4.98 Å². The van der Waals surface area contributed by atoms with Crippen LogP contribution in [0.3, 0.4) is 0 Å². The van der Waals surface area contributed by atoms with Gasteiger partial charge < -0.3 is 14.9 Å². The summed E-state index contributed by atoms with van der Waals surface area (Å²) in [6.45, 7) is 3.06. The van der Waals surface area contributed by atoms with Gasteiger partial charge in [0, 0.05) is 12.7 Å². The fourth-order valence-corrected chi connectivity index (χ4v) is 3.54. The normalized spacial score (nSPS) is 11.4. The topological polar surface area (TPSA) is 97.2 Å². The number of pyridine rings is 1. The first-order valence-corrected chi connectivity index (χ1v) is 9.23.